The summed E-state index contributed by atoms with van der Waals surface area (Å²) in [6, 6.07) is 30.5. The highest BCUT2D eigenvalue weighted by atomic mass is 31.0. The van der Waals surface area contributed by atoms with E-state index in [0.717, 1.165) is 22.1 Å². The molecule has 31 heavy (non-hydrogen) atoms. The van der Waals surface area contributed by atoms with E-state index in [1.54, 1.807) is 14.2 Å². The van der Waals surface area contributed by atoms with Gasteiger partial charge in [0.1, 0.15) is 11.5 Å². The second-order valence-electron chi connectivity index (χ2n) is 7.75. The van der Waals surface area contributed by atoms with Gasteiger partial charge in [-0.1, -0.05) is 60.7 Å². The molecule has 1 aliphatic carbocycles. The van der Waals surface area contributed by atoms with Crippen LogP contribution in [0.15, 0.2) is 84.9 Å². The summed E-state index contributed by atoms with van der Waals surface area (Å²) in [5.74, 6) is 1.73. The van der Waals surface area contributed by atoms with Crippen molar-refractivity contribution < 1.29 is 9.47 Å². The van der Waals surface area contributed by atoms with Crippen LogP contribution in [0.5, 0.6) is 11.5 Å². The molecule has 0 radical (unpaired) electrons. The number of rotatable bonds is 4. The minimum Gasteiger partial charge on any atom is -0.496 e. The van der Waals surface area contributed by atoms with Crippen molar-refractivity contribution in [3.8, 4) is 22.6 Å². The zero-order valence-electron chi connectivity index (χ0n) is 17.6. The fourth-order valence-electron chi connectivity index (χ4n) is 4.96. The lowest BCUT2D eigenvalue weighted by molar-refractivity contribution is 0.418. The van der Waals surface area contributed by atoms with Crippen LogP contribution in [0.25, 0.3) is 11.1 Å². The normalized spacial score (nSPS) is 13.4. The summed E-state index contributed by atoms with van der Waals surface area (Å²) < 4.78 is 11.1. The number of fused-ring (bicyclic) bond motifs is 3. The number of benzene rings is 4. The Bertz CT molecular complexity index is 1200. The van der Waals surface area contributed by atoms with E-state index < -0.39 is 5.41 Å². The van der Waals surface area contributed by atoms with Gasteiger partial charge in [-0.15, -0.1) is 18.5 Å². The molecule has 4 aromatic carbocycles. The summed E-state index contributed by atoms with van der Waals surface area (Å²) in [7, 11) is 9.07. The fourth-order valence-corrected chi connectivity index (χ4v) is 5.75. The molecule has 0 aliphatic heterocycles. The molecule has 4 heteroatoms. The van der Waals surface area contributed by atoms with E-state index in [9.17, 15) is 0 Å². The summed E-state index contributed by atoms with van der Waals surface area (Å²) >= 11 is 0. The smallest absolute Gasteiger partial charge is 0.125 e. The fraction of sp³-hybridized carbons (Fsp3) is 0.111. The lowest BCUT2D eigenvalue weighted by atomic mass is 9.67. The summed E-state index contributed by atoms with van der Waals surface area (Å²) in [6.45, 7) is 0. The van der Waals surface area contributed by atoms with Gasteiger partial charge >= 0.3 is 0 Å². The van der Waals surface area contributed by atoms with Crippen LogP contribution in [0.3, 0.4) is 0 Å². The van der Waals surface area contributed by atoms with Gasteiger partial charge < -0.3 is 9.47 Å². The molecule has 154 valence electrons. The van der Waals surface area contributed by atoms with Crippen LogP contribution < -0.4 is 20.1 Å². The standard InChI is InChI=1S/C27H24O2P2/c1-28-23-13-11-17(15-25(23)30)27(18-12-14-24(29-2)26(31)16-18)21-9-5-3-7-19(21)20-8-4-6-10-22(20)27/h3-16H,30-31H2,1-2H3. The lowest BCUT2D eigenvalue weighted by Gasteiger charge is -2.34. The molecule has 2 unspecified atom stereocenters. The molecule has 0 aromatic heterocycles. The van der Waals surface area contributed by atoms with E-state index in [1.165, 1.54) is 33.4 Å². The zero-order valence-corrected chi connectivity index (χ0v) is 19.9. The maximum atomic E-state index is 5.55. The third kappa shape index (κ3) is 2.93. The molecule has 0 saturated carbocycles. The highest BCUT2D eigenvalue weighted by molar-refractivity contribution is 7.28. The Labute approximate surface area is 188 Å². The van der Waals surface area contributed by atoms with E-state index in [4.69, 9.17) is 9.47 Å². The van der Waals surface area contributed by atoms with Crippen molar-refractivity contribution in [2.75, 3.05) is 14.2 Å². The van der Waals surface area contributed by atoms with E-state index in [2.05, 4.69) is 103 Å². The van der Waals surface area contributed by atoms with Crippen LogP contribution in [-0.4, -0.2) is 14.2 Å². The first-order valence-electron chi connectivity index (χ1n) is 10.2. The summed E-state index contributed by atoms with van der Waals surface area (Å²) in [6.07, 6.45) is 0. The van der Waals surface area contributed by atoms with E-state index in [-0.39, 0.29) is 0 Å². The van der Waals surface area contributed by atoms with Gasteiger partial charge in [0, 0.05) is 10.6 Å². The first-order chi connectivity index (χ1) is 15.1. The van der Waals surface area contributed by atoms with Crippen LogP contribution in [-0.2, 0) is 5.41 Å². The van der Waals surface area contributed by atoms with Crippen molar-refractivity contribution in [3.63, 3.8) is 0 Å². The molecular formula is C27H24O2P2. The molecule has 0 spiro atoms. The third-order valence-electron chi connectivity index (χ3n) is 6.28. The molecule has 5 rings (SSSR count). The van der Waals surface area contributed by atoms with Gasteiger partial charge in [0.25, 0.3) is 0 Å². The molecular weight excluding hydrogens is 418 g/mol. The number of hydrogen-bond donors (Lipinski definition) is 0. The van der Waals surface area contributed by atoms with Crippen molar-refractivity contribution in [2.45, 2.75) is 5.41 Å². The molecule has 1 aliphatic rings. The highest BCUT2D eigenvalue weighted by Crippen LogP contribution is 2.56. The number of ether oxygens (including phenoxy) is 2. The van der Waals surface area contributed by atoms with Crippen LogP contribution in [0.1, 0.15) is 22.3 Å². The zero-order chi connectivity index (χ0) is 21.6. The van der Waals surface area contributed by atoms with Crippen molar-refractivity contribution in [1.29, 1.82) is 0 Å². The van der Waals surface area contributed by atoms with Crippen molar-refractivity contribution in [2.24, 2.45) is 0 Å². The Morgan fingerprint density at radius 2 is 1.00 bits per heavy atom. The Kier molecular flexibility index (Phi) is 5.09. The van der Waals surface area contributed by atoms with Crippen LogP contribution in [0.4, 0.5) is 0 Å². The molecule has 0 amide bonds. The van der Waals surface area contributed by atoms with Gasteiger partial charge in [-0.25, -0.2) is 0 Å². The minimum absolute atomic E-state index is 0.428. The predicted molar refractivity (Wildman–Crippen MR) is 136 cm³/mol. The molecule has 2 atom stereocenters. The molecule has 4 aromatic rings. The summed E-state index contributed by atoms with van der Waals surface area (Å²) in [4.78, 5) is 0. The maximum Gasteiger partial charge on any atom is 0.125 e. The molecule has 0 N–H and O–H groups in total. The average Bonchev–Trinajstić information content (AvgIpc) is 3.10. The Morgan fingerprint density at radius 1 is 0.581 bits per heavy atom. The molecule has 0 fully saturated rings. The minimum atomic E-state index is -0.428. The van der Waals surface area contributed by atoms with E-state index in [1.807, 2.05) is 0 Å². The predicted octanol–water partition coefficient (Wildman–Crippen LogP) is 5.07. The first-order valence-corrected chi connectivity index (χ1v) is 11.3. The highest BCUT2D eigenvalue weighted by Gasteiger charge is 2.46. The van der Waals surface area contributed by atoms with Crippen molar-refractivity contribution >= 4 is 29.1 Å². The first kappa shape index (κ1) is 20.3. The molecule has 2 nitrogen and oxygen atoms in total. The van der Waals surface area contributed by atoms with E-state index >= 15 is 0 Å². The van der Waals surface area contributed by atoms with Crippen molar-refractivity contribution in [1.82, 2.24) is 0 Å². The molecule has 0 saturated heterocycles. The van der Waals surface area contributed by atoms with Crippen LogP contribution >= 0.6 is 18.5 Å². The van der Waals surface area contributed by atoms with E-state index in [0.29, 0.717) is 0 Å². The van der Waals surface area contributed by atoms with Gasteiger partial charge in [0.2, 0.25) is 0 Å². The monoisotopic (exact) mass is 442 g/mol. The quantitative estimate of drug-likeness (QED) is 0.362. The van der Waals surface area contributed by atoms with Gasteiger partial charge in [-0.3, -0.25) is 0 Å². The van der Waals surface area contributed by atoms with Crippen molar-refractivity contribution in [3.05, 3.63) is 107 Å². The Morgan fingerprint density at radius 3 is 1.39 bits per heavy atom. The van der Waals surface area contributed by atoms with Crippen LogP contribution in [0, 0.1) is 0 Å². The van der Waals surface area contributed by atoms with Crippen LogP contribution in [0.2, 0.25) is 0 Å². The summed E-state index contributed by atoms with van der Waals surface area (Å²) in [5.41, 5.74) is 7.14. The third-order valence-corrected chi connectivity index (χ3v) is 7.18. The number of hydrogen-bond acceptors (Lipinski definition) is 2. The van der Waals surface area contributed by atoms with Gasteiger partial charge in [-0.05, 0) is 57.6 Å². The lowest BCUT2D eigenvalue weighted by Crippen LogP contribution is -2.30. The Balaban J connectivity index is 1.92. The second kappa shape index (κ2) is 7.79. The van der Waals surface area contributed by atoms with Gasteiger partial charge in [-0.2, -0.15) is 0 Å². The average molecular weight is 442 g/mol. The SMILES string of the molecule is COc1ccc(C2(c3ccc(OC)c(P)c3)c3ccccc3-c3ccccc32)cc1P. The second-order valence-corrected chi connectivity index (χ2v) is 9.00. The molecule has 0 bridgehead atoms. The number of methoxy groups -OCH3 is 2. The largest absolute Gasteiger partial charge is 0.496 e. The summed E-state index contributed by atoms with van der Waals surface area (Å²) in [5, 5.41) is 2.08. The van der Waals surface area contributed by atoms with Gasteiger partial charge in [0.15, 0.2) is 0 Å². The Hall–Kier alpha value is -2.66. The maximum absolute atomic E-state index is 5.55. The van der Waals surface area contributed by atoms with Gasteiger partial charge in [0.05, 0.1) is 19.6 Å². The topological polar surface area (TPSA) is 18.5 Å². The molecule has 0 heterocycles.